The first-order valence-electron chi connectivity index (χ1n) is 5.78. The van der Waals surface area contributed by atoms with E-state index in [0.717, 1.165) is 9.35 Å². The van der Waals surface area contributed by atoms with Crippen molar-refractivity contribution in [1.82, 2.24) is 0 Å². The molecule has 1 N–H and O–H groups in total. The van der Waals surface area contributed by atoms with Crippen LogP contribution in [-0.4, -0.2) is 17.1 Å². The number of anilines is 1. The number of rotatable bonds is 5. The smallest absolute Gasteiger partial charge is 0.304 e. The molecule has 2 aromatic rings. The summed E-state index contributed by atoms with van der Waals surface area (Å²) in [6, 6.07) is 3.45. The summed E-state index contributed by atoms with van der Waals surface area (Å²) in [5, 5.41) is 23.3. The Morgan fingerprint density at radius 1 is 1.55 bits per heavy atom. The molecular weight excluding hydrogens is 364 g/mol. The fourth-order valence-electron chi connectivity index (χ4n) is 1.77. The average molecular weight is 377 g/mol. The summed E-state index contributed by atoms with van der Waals surface area (Å²) in [6.45, 7) is 2.19. The van der Waals surface area contributed by atoms with Crippen molar-refractivity contribution in [3.05, 3.63) is 41.9 Å². The summed E-state index contributed by atoms with van der Waals surface area (Å²) < 4.78 is 1.03. The molecule has 0 aliphatic heterocycles. The van der Waals surface area contributed by atoms with Crippen molar-refractivity contribution in [2.75, 3.05) is 11.9 Å². The highest BCUT2D eigenvalue weighted by Gasteiger charge is 2.23. The summed E-state index contributed by atoms with van der Waals surface area (Å²) in [5.41, 5.74) is 1.13. The monoisotopic (exact) mass is 376 g/mol. The van der Waals surface area contributed by atoms with Gasteiger partial charge in [0.1, 0.15) is 0 Å². The van der Waals surface area contributed by atoms with Crippen LogP contribution in [0.5, 0.6) is 0 Å². The molecule has 0 spiro atoms. The van der Waals surface area contributed by atoms with Gasteiger partial charge in [-0.25, -0.2) is 0 Å². The molecule has 2 aromatic heterocycles. The highest BCUT2D eigenvalue weighted by atomic mass is 79.9. The van der Waals surface area contributed by atoms with Crippen LogP contribution in [0, 0.1) is 10.1 Å². The molecule has 20 heavy (non-hydrogen) atoms. The summed E-state index contributed by atoms with van der Waals surface area (Å²) in [6.07, 6.45) is -0.698. The number of halogens is 1. The number of nitrogens with zero attached hydrogens (tertiary/aromatic N) is 2. The Morgan fingerprint density at radius 2 is 2.25 bits per heavy atom. The minimum atomic E-state index is -0.698. The number of thiophene rings is 2. The first-order valence-corrected chi connectivity index (χ1v) is 8.27. The molecule has 0 aliphatic rings. The van der Waals surface area contributed by atoms with E-state index in [1.807, 2.05) is 23.4 Å². The Morgan fingerprint density at radius 3 is 2.75 bits per heavy atom. The molecule has 1 atom stereocenters. The van der Waals surface area contributed by atoms with Crippen molar-refractivity contribution in [2.45, 2.75) is 19.6 Å². The van der Waals surface area contributed by atoms with E-state index in [-0.39, 0.29) is 5.69 Å². The summed E-state index contributed by atoms with van der Waals surface area (Å²) in [7, 11) is 1.82. The van der Waals surface area contributed by atoms with Crippen LogP contribution < -0.4 is 4.90 Å². The van der Waals surface area contributed by atoms with E-state index in [2.05, 4.69) is 15.9 Å². The van der Waals surface area contributed by atoms with Gasteiger partial charge in [0.05, 0.1) is 14.8 Å². The third-order valence-corrected chi connectivity index (χ3v) is 5.67. The van der Waals surface area contributed by atoms with Gasteiger partial charge in [0, 0.05) is 24.5 Å². The quantitative estimate of drug-likeness (QED) is 0.627. The second-order valence-corrected chi connectivity index (χ2v) is 7.74. The molecule has 0 amide bonds. The van der Waals surface area contributed by atoms with E-state index in [9.17, 15) is 15.2 Å². The van der Waals surface area contributed by atoms with Crippen LogP contribution in [0.25, 0.3) is 0 Å². The zero-order valence-electron chi connectivity index (χ0n) is 10.9. The van der Waals surface area contributed by atoms with Gasteiger partial charge in [0.25, 0.3) is 0 Å². The molecule has 2 heterocycles. The molecule has 0 fully saturated rings. The van der Waals surface area contributed by atoms with Gasteiger partial charge in [-0.15, -0.1) is 22.7 Å². The lowest BCUT2D eigenvalue weighted by molar-refractivity contribution is -0.383. The zero-order chi connectivity index (χ0) is 14.9. The van der Waals surface area contributed by atoms with Crippen molar-refractivity contribution in [3.8, 4) is 0 Å². The second-order valence-electron chi connectivity index (χ2n) is 4.39. The summed E-state index contributed by atoms with van der Waals surface area (Å²) in [4.78, 5) is 13.2. The highest BCUT2D eigenvalue weighted by Crippen LogP contribution is 2.40. The van der Waals surface area contributed by atoms with Crippen molar-refractivity contribution in [2.24, 2.45) is 0 Å². The molecule has 5 nitrogen and oxygen atoms in total. The van der Waals surface area contributed by atoms with Crippen LogP contribution in [0.2, 0.25) is 0 Å². The Bertz CT molecular complexity index is 624. The van der Waals surface area contributed by atoms with Gasteiger partial charge < -0.3 is 10.0 Å². The zero-order valence-corrected chi connectivity index (χ0v) is 14.1. The first kappa shape index (κ1) is 15.4. The molecule has 0 saturated heterocycles. The molecule has 0 aromatic carbocycles. The molecule has 0 aliphatic carbocycles. The van der Waals surface area contributed by atoms with Crippen LogP contribution >= 0.6 is 38.6 Å². The fourth-order valence-corrected chi connectivity index (χ4v) is 4.00. The van der Waals surface area contributed by atoms with Gasteiger partial charge in [0.2, 0.25) is 0 Å². The second kappa shape index (κ2) is 6.21. The number of aliphatic hydroxyl groups is 1. The van der Waals surface area contributed by atoms with Crippen molar-refractivity contribution in [1.29, 1.82) is 0 Å². The Balaban J connectivity index is 2.28. The third kappa shape index (κ3) is 3.38. The lowest BCUT2D eigenvalue weighted by Gasteiger charge is -2.15. The maximum atomic E-state index is 11.1. The van der Waals surface area contributed by atoms with Crippen LogP contribution in [0.4, 0.5) is 10.7 Å². The van der Waals surface area contributed by atoms with Gasteiger partial charge in [-0.2, -0.15) is 0 Å². The van der Waals surface area contributed by atoms with E-state index < -0.39 is 11.0 Å². The van der Waals surface area contributed by atoms with Gasteiger partial charge in [-0.3, -0.25) is 10.1 Å². The normalized spacial score (nSPS) is 12.4. The number of hydrogen-bond donors (Lipinski definition) is 1. The molecule has 0 radical (unpaired) electrons. The first-order chi connectivity index (χ1) is 9.38. The molecule has 2 rings (SSSR count). The van der Waals surface area contributed by atoms with Crippen molar-refractivity contribution >= 4 is 49.3 Å². The predicted molar refractivity (Wildman–Crippen MR) is 85.7 cm³/mol. The van der Waals surface area contributed by atoms with Gasteiger partial charge in [-0.05, 0) is 39.9 Å². The van der Waals surface area contributed by atoms with Crippen LogP contribution in [0.15, 0.2) is 21.3 Å². The minimum Gasteiger partial charge on any atom is -0.388 e. The predicted octanol–water partition coefficient (Wildman–Crippen LogP) is 4.17. The van der Waals surface area contributed by atoms with Crippen LogP contribution in [0.1, 0.15) is 23.5 Å². The van der Waals surface area contributed by atoms with Crippen LogP contribution in [0.3, 0.4) is 0 Å². The largest absolute Gasteiger partial charge is 0.388 e. The van der Waals surface area contributed by atoms with E-state index >= 15 is 0 Å². The van der Waals surface area contributed by atoms with Gasteiger partial charge >= 0.3 is 5.69 Å². The minimum absolute atomic E-state index is 0.0442. The maximum absolute atomic E-state index is 11.1. The fraction of sp³-hybridized carbons (Fsp3) is 0.333. The van der Waals surface area contributed by atoms with Gasteiger partial charge in [-0.1, -0.05) is 0 Å². The number of aliphatic hydroxyl groups excluding tert-OH is 1. The van der Waals surface area contributed by atoms with Crippen molar-refractivity contribution in [3.63, 3.8) is 0 Å². The number of nitro groups is 1. The summed E-state index contributed by atoms with van der Waals surface area (Å²) in [5.74, 6) is 0. The van der Waals surface area contributed by atoms with Gasteiger partial charge in [0.15, 0.2) is 5.00 Å². The summed E-state index contributed by atoms with van der Waals surface area (Å²) >= 11 is 6.24. The third-order valence-electron chi connectivity index (χ3n) is 2.71. The average Bonchev–Trinajstić information content (AvgIpc) is 2.95. The Kier molecular flexibility index (Phi) is 4.79. The Labute approximate surface area is 132 Å². The molecule has 108 valence electrons. The van der Waals surface area contributed by atoms with Crippen molar-refractivity contribution < 1.29 is 10.0 Å². The van der Waals surface area contributed by atoms with E-state index in [1.165, 1.54) is 17.4 Å². The maximum Gasteiger partial charge on any atom is 0.304 e. The number of hydrogen-bond acceptors (Lipinski definition) is 6. The topological polar surface area (TPSA) is 66.6 Å². The highest BCUT2D eigenvalue weighted by molar-refractivity contribution is 9.11. The Hall–Kier alpha value is -0.960. The van der Waals surface area contributed by atoms with E-state index in [4.69, 9.17) is 0 Å². The lowest BCUT2D eigenvalue weighted by Crippen LogP contribution is -2.15. The standard InChI is InChI=1S/C12H13BrN2O3S2/c1-7(16)10-4-9(15(17)18)12(20-10)14(2)5-8-3-11(13)19-6-8/h3-4,6-7,16H,5H2,1-2H3. The van der Waals surface area contributed by atoms with Crippen LogP contribution in [-0.2, 0) is 6.54 Å². The molecule has 0 bridgehead atoms. The van der Waals surface area contributed by atoms with E-state index in [0.29, 0.717) is 16.4 Å². The molecule has 1 unspecified atom stereocenters. The molecule has 8 heteroatoms. The SMILES string of the molecule is CC(O)c1cc([N+](=O)[O-])c(N(C)Cc2csc(Br)c2)s1. The molecule has 0 saturated carbocycles. The molecular formula is C12H13BrN2O3S2. The lowest BCUT2D eigenvalue weighted by atomic mass is 10.3. The van der Waals surface area contributed by atoms with E-state index in [1.54, 1.807) is 18.3 Å².